The molecule has 2 rings (SSSR count). The normalized spacial score (nSPS) is 10.3. The Balaban J connectivity index is 1.98. The molecule has 2 N–H and O–H groups in total. The number of benzene rings is 2. The minimum atomic E-state index is -0.432. The van der Waals surface area contributed by atoms with Crippen molar-refractivity contribution in [2.75, 3.05) is 10.6 Å². The number of hydrogen-bond donors (Lipinski definition) is 2. The first kappa shape index (κ1) is 17.3. The Bertz CT molecular complexity index is 737. The molecular formula is C17H16Cl2N2O2. The molecule has 0 atom stereocenters. The van der Waals surface area contributed by atoms with E-state index < -0.39 is 11.8 Å². The Morgan fingerprint density at radius 2 is 1.70 bits per heavy atom. The highest BCUT2D eigenvalue weighted by atomic mass is 35.5. The fourth-order valence-electron chi connectivity index (χ4n) is 2.17. The number of carbonyl (C=O) groups is 2. The van der Waals surface area contributed by atoms with E-state index in [0.717, 1.165) is 11.1 Å². The lowest BCUT2D eigenvalue weighted by molar-refractivity contribution is -0.123. The van der Waals surface area contributed by atoms with E-state index in [0.29, 0.717) is 21.4 Å². The summed E-state index contributed by atoms with van der Waals surface area (Å²) in [5, 5.41) is 6.26. The van der Waals surface area contributed by atoms with Crippen LogP contribution in [-0.4, -0.2) is 11.8 Å². The van der Waals surface area contributed by atoms with Crippen LogP contribution in [0.1, 0.15) is 17.5 Å². The molecule has 0 saturated carbocycles. The molecule has 0 aliphatic carbocycles. The number of halogens is 2. The van der Waals surface area contributed by atoms with E-state index in [4.69, 9.17) is 23.2 Å². The third kappa shape index (κ3) is 4.98. The first-order valence-corrected chi connectivity index (χ1v) is 7.73. The average molecular weight is 351 g/mol. The van der Waals surface area contributed by atoms with Gasteiger partial charge in [-0.1, -0.05) is 35.3 Å². The summed E-state index contributed by atoms with van der Waals surface area (Å²) in [5.41, 5.74) is 2.92. The Labute approximate surface area is 144 Å². The third-order valence-corrected chi connectivity index (χ3v) is 3.66. The van der Waals surface area contributed by atoms with Crippen molar-refractivity contribution >= 4 is 46.4 Å². The topological polar surface area (TPSA) is 58.2 Å². The summed E-state index contributed by atoms with van der Waals surface area (Å²) in [7, 11) is 0. The number of nitrogens with one attached hydrogen (secondary N) is 2. The van der Waals surface area contributed by atoms with Gasteiger partial charge in [0.15, 0.2) is 0 Å². The van der Waals surface area contributed by atoms with E-state index in [2.05, 4.69) is 10.6 Å². The average Bonchev–Trinajstić information content (AvgIpc) is 2.42. The van der Waals surface area contributed by atoms with Gasteiger partial charge in [-0.2, -0.15) is 0 Å². The molecule has 0 unspecified atom stereocenters. The molecule has 0 heterocycles. The number of rotatable bonds is 4. The highest BCUT2D eigenvalue weighted by molar-refractivity contribution is 6.34. The van der Waals surface area contributed by atoms with Gasteiger partial charge in [0.2, 0.25) is 11.8 Å². The summed E-state index contributed by atoms with van der Waals surface area (Å²) in [4.78, 5) is 23.9. The van der Waals surface area contributed by atoms with E-state index in [1.54, 1.807) is 30.3 Å². The summed E-state index contributed by atoms with van der Waals surface area (Å²) < 4.78 is 0. The van der Waals surface area contributed by atoms with Gasteiger partial charge in [-0.3, -0.25) is 9.59 Å². The fraction of sp³-hybridized carbons (Fsp3) is 0.176. The van der Waals surface area contributed by atoms with Crippen molar-refractivity contribution in [3.05, 3.63) is 57.6 Å². The smallest absolute Gasteiger partial charge is 0.233 e. The second kappa shape index (κ2) is 7.49. The Kier molecular flexibility index (Phi) is 5.64. The molecule has 0 aliphatic heterocycles. The van der Waals surface area contributed by atoms with Gasteiger partial charge >= 0.3 is 0 Å². The van der Waals surface area contributed by atoms with Crippen molar-refractivity contribution in [3.63, 3.8) is 0 Å². The largest absolute Gasteiger partial charge is 0.326 e. The Morgan fingerprint density at radius 1 is 1.00 bits per heavy atom. The molecule has 0 radical (unpaired) electrons. The molecule has 120 valence electrons. The van der Waals surface area contributed by atoms with Crippen molar-refractivity contribution in [1.82, 2.24) is 0 Å². The van der Waals surface area contributed by atoms with E-state index in [1.807, 2.05) is 19.9 Å². The lowest BCUT2D eigenvalue weighted by Gasteiger charge is -2.11. The van der Waals surface area contributed by atoms with E-state index in [9.17, 15) is 9.59 Å². The zero-order valence-corrected chi connectivity index (χ0v) is 14.3. The summed E-state index contributed by atoms with van der Waals surface area (Å²) in [6, 6.07) is 10.4. The standard InChI is InChI=1S/C17H16Cl2N2O2/c1-10-6-11(2)17(14(19)7-10)21-16(23)9-15(22)20-13-5-3-4-12(18)8-13/h3-8H,9H2,1-2H3,(H,20,22)(H,21,23). The Hall–Kier alpha value is -2.04. The predicted molar refractivity (Wildman–Crippen MR) is 94.3 cm³/mol. The van der Waals surface area contributed by atoms with Crippen LogP contribution in [0.15, 0.2) is 36.4 Å². The van der Waals surface area contributed by atoms with E-state index in [1.165, 1.54) is 0 Å². The number of aryl methyl sites for hydroxylation is 2. The molecule has 2 aromatic rings. The lowest BCUT2D eigenvalue weighted by Crippen LogP contribution is -2.22. The highest BCUT2D eigenvalue weighted by Gasteiger charge is 2.13. The van der Waals surface area contributed by atoms with Crippen molar-refractivity contribution in [2.45, 2.75) is 20.3 Å². The van der Waals surface area contributed by atoms with E-state index >= 15 is 0 Å². The first-order chi connectivity index (χ1) is 10.8. The fourth-order valence-corrected chi connectivity index (χ4v) is 2.73. The van der Waals surface area contributed by atoms with Crippen LogP contribution >= 0.6 is 23.2 Å². The second-order valence-electron chi connectivity index (χ2n) is 5.22. The van der Waals surface area contributed by atoms with Crippen molar-refractivity contribution in [3.8, 4) is 0 Å². The number of anilines is 2. The molecule has 2 amide bonds. The van der Waals surface area contributed by atoms with Crippen LogP contribution in [-0.2, 0) is 9.59 Å². The molecule has 0 fully saturated rings. The number of carbonyl (C=O) groups excluding carboxylic acids is 2. The van der Waals surface area contributed by atoms with Gasteiger partial charge in [-0.15, -0.1) is 0 Å². The van der Waals surface area contributed by atoms with Crippen molar-refractivity contribution in [1.29, 1.82) is 0 Å². The minimum absolute atomic E-state index is 0.309. The van der Waals surface area contributed by atoms with Crippen LogP contribution in [0.3, 0.4) is 0 Å². The number of hydrogen-bond acceptors (Lipinski definition) is 2. The third-order valence-electron chi connectivity index (χ3n) is 3.13. The minimum Gasteiger partial charge on any atom is -0.326 e. The molecule has 6 heteroatoms. The molecule has 0 aromatic heterocycles. The molecule has 2 aromatic carbocycles. The Morgan fingerprint density at radius 3 is 2.35 bits per heavy atom. The molecule has 4 nitrogen and oxygen atoms in total. The van der Waals surface area contributed by atoms with Gasteiger partial charge in [0.1, 0.15) is 6.42 Å². The SMILES string of the molecule is Cc1cc(C)c(NC(=O)CC(=O)Nc2cccc(Cl)c2)c(Cl)c1. The van der Waals surface area contributed by atoms with Gasteiger partial charge < -0.3 is 10.6 Å². The maximum atomic E-state index is 12.0. The van der Waals surface area contributed by atoms with Gasteiger partial charge in [0.05, 0.1) is 10.7 Å². The van der Waals surface area contributed by atoms with Crippen LogP contribution < -0.4 is 10.6 Å². The summed E-state index contributed by atoms with van der Waals surface area (Å²) in [6.07, 6.45) is -0.309. The first-order valence-electron chi connectivity index (χ1n) is 6.97. The second-order valence-corrected chi connectivity index (χ2v) is 6.07. The summed E-state index contributed by atoms with van der Waals surface area (Å²) >= 11 is 12.0. The van der Waals surface area contributed by atoms with E-state index in [-0.39, 0.29) is 6.42 Å². The lowest BCUT2D eigenvalue weighted by atomic mass is 10.1. The zero-order chi connectivity index (χ0) is 17.0. The van der Waals surface area contributed by atoms with Crippen LogP contribution in [0.2, 0.25) is 10.0 Å². The van der Waals surface area contributed by atoms with Gasteiger partial charge in [-0.05, 0) is 49.2 Å². The van der Waals surface area contributed by atoms with Crippen molar-refractivity contribution < 1.29 is 9.59 Å². The molecule has 23 heavy (non-hydrogen) atoms. The maximum absolute atomic E-state index is 12.0. The number of amides is 2. The van der Waals surface area contributed by atoms with Gasteiger partial charge in [0, 0.05) is 10.7 Å². The van der Waals surface area contributed by atoms with Gasteiger partial charge in [-0.25, -0.2) is 0 Å². The monoisotopic (exact) mass is 350 g/mol. The van der Waals surface area contributed by atoms with Crippen LogP contribution in [0.25, 0.3) is 0 Å². The molecule has 0 saturated heterocycles. The quantitative estimate of drug-likeness (QED) is 0.793. The maximum Gasteiger partial charge on any atom is 0.233 e. The molecule has 0 bridgehead atoms. The summed E-state index contributed by atoms with van der Waals surface area (Å²) in [6.45, 7) is 3.77. The summed E-state index contributed by atoms with van der Waals surface area (Å²) in [5.74, 6) is -0.857. The zero-order valence-electron chi connectivity index (χ0n) is 12.7. The van der Waals surface area contributed by atoms with Crippen molar-refractivity contribution in [2.24, 2.45) is 0 Å². The van der Waals surface area contributed by atoms with Crippen LogP contribution in [0, 0.1) is 13.8 Å². The van der Waals surface area contributed by atoms with Crippen LogP contribution in [0.4, 0.5) is 11.4 Å². The van der Waals surface area contributed by atoms with Crippen LogP contribution in [0.5, 0.6) is 0 Å². The van der Waals surface area contributed by atoms with Gasteiger partial charge in [0.25, 0.3) is 0 Å². The molecular weight excluding hydrogens is 335 g/mol. The molecule has 0 spiro atoms. The molecule has 0 aliphatic rings. The highest BCUT2D eigenvalue weighted by Crippen LogP contribution is 2.27. The predicted octanol–water partition coefficient (Wildman–Crippen LogP) is 4.58.